The Balaban J connectivity index is 1.17. The number of allylic oxidation sites excluding steroid dienone is 1. The number of nitrogens with one attached hydrogen (secondary N) is 1. The zero-order valence-corrected chi connectivity index (χ0v) is 32.3. The summed E-state index contributed by atoms with van der Waals surface area (Å²) in [5, 5.41) is 7.36. The van der Waals surface area contributed by atoms with E-state index in [1.807, 2.05) is 122 Å². The predicted octanol–water partition coefficient (Wildman–Crippen LogP) is 7.30. The van der Waals surface area contributed by atoms with Crippen LogP contribution in [0.5, 0.6) is 0 Å². The molecule has 2 atom stereocenters. The standard InChI is InChI=1S/C39H37N7O3S4/c1-3-22-50-23-29-30(20-13-21-41-29)52-31-24-51-37-33(36(48)46(37)25(31)2)42-35(47)32(34-43-38(40)53-45-34)44-49-39(26-14-7-4-8-15-26,27-16-9-5-10-17-27)28-18-11-6-12-19-28/h4-21,33,37H,3,22-24H2,1-2H3,(H,42,47)(H2,40,43,45)/b44-32+. The molecule has 2 amide bonds. The van der Waals surface area contributed by atoms with Gasteiger partial charge in [-0.05, 0) is 31.2 Å². The van der Waals surface area contributed by atoms with Gasteiger partial charge in [0.1, 0.15) is 11.4 Å². The Hall–Kier alpha value is -4.63. The highest BCUT2D eigenvalue weighted by atomic mass is 32.2. The lowest BCUT2D eigenvalue weighted by molar-refractivity contribution is -0.144. The van der Waals surface area contributed by atoms with Crippen LogP contribution in [-0.4, -0.2) is 59.7 Å². The largest absolute Gasteiger partial charge is 0.374 e. The molecule has 0 bridgehead atoms. The van der Waals surface area contributed by atoms with E-state index in [4.69, 9.17) is 10.6 Å². The second-order valence-corrected chi connectivity index (χ2v) is 16.4. The zero-order valence-electron chi connectivity index (χ0n) is 29.0. The molecule has 5 aromatic rings. The number of nitrogen functional groups attached to an aromatic ring is 1. The maximum atomic E-state index is 14.2. The second-order valence-electron chi connectivity index (χ2n) is 12.2. The Bertz CT molecular complexity index is 2030. The van der Waals surface area contributed by atoms with E-state index in [-0.39, 0.29) is 27.9 Å². The third-order valence-electron chi connectivity index (χ3n) is 8.83. The number of nitrogens with zero attached hydrogens (tertiary/aromatic N) is 5. The van der Waals surface area contributed by atoms with Gasteiger partial charge in [-0.15, -0.1) is 11.8 Å². The van der Waals surface area contributed by atoms with Gasteiger partial charge in [0.15, 0.2) is 5.13 Å². The lowest BCUT2D eigenvalue weighted by Crippen LogP contribution is -2.70. The van der Waals surface area contributed by atoms with Gasteiger partial charge in [-0.3, -0.25) is 19.5 Å². The highest BCUT2D eigenvalue weighted by Gasteiger charge is 2.52. The van der Waals surface area contributed by atoms with Gasteiger partial charge in [0.25, 0.3) is 11.8 Å². The number of fused-ring (bicyclic) bond motifs is 1. The number of thioether (sulfide) groups is 3. The fourth-order valence-electron chi connectivity index (χ4n) is 6.21. The molecule has 53 heavy (non-hydrogen) atoms. The minimum absolute atomic E-state index is 0.00662. The quantitative estimate of drug-likeness (QED) is 0.0389. The SMILES string of the molecule is CCCSCc1ncccc1SC1=C(C)N2C(=O)C(NC(=O)/C(=N/OC(c3ccccc3)(c3ccccc3)c3ccccc3)c3nsc(N)n3)C2SC1. The molecule has 7 rings (SSSR count). The van der Waals surface area contributed by atoms with Gasteiger partial charge in [-0.1, -0.05) is 115 Å². The van der Waals surface area contributed by atoms with Crippen LogP contribution in [0.25, 0.3) is 0 Å². The molecule has 4 heterocycles. The second kappa shape index (κ2) is 16.6. The number of carbonyl (C=O) groups is 2. The number of anilines is 1. The molecule has 2 aliphatic rings. The van der Waals surface area contributed by atoms with Crippen molar-refractivity contribution >= 4 is 69.5 Å². The first kappa shape index (κ1) is 36.7. The van der Waals surface area contributed by atoms with Crippen molar-refractivity contribution in [2.75, 3.05) is 17.2 Å². The van der Waals surface area contributed by atoms with Gasteiger partial charge >= 0.3 is 0 Å². The normalized spacial score (nSPS) is 17.3. The molecule has 0 radical (unpaired) electrons. The summed E-state index contributed by atoms with van der Waals surface area (Å²) in [5.74, 6) is 1.77. The van der Waals surface area contributed by atoms with Crippen LogP contribution >= 0.6 is 46.8 Å². The van der Waals surface area contributed by atoms with E-state index in [9.17, 15) is 9.59 Å². The molecule has 0 spiro atoms. The number of amides is 2. The Morgan fingerprint density at radius 3 is 2.23 bits per heavy atom. The fraction of sp³-hybridized carbons (Fsp3) is 0.231. The van der Waals surface area contributed by atoms with Crippen molar-refractivity contribution in [1.29, 1.82) is 0 Å². The van der Waals surface area contributed by atoms with E-state index in [0.717, 1.165) is 67.3 Å². The molecule has 10 nitrogen and oxygen atoms in total. The molecule has 270 valence electrons. The highest BCUT2D eigenvalue weighted by molar-refractivity contribution is 8.06. The minimum atomic E-state index is -1.25. The average Bonchev–Trinajstić information content (AvgIpc) is 3.63. The molecule has 1 fully saturated rings. The summed E-state index contributed by atoms with van der Waals surface area (Å²) >= 11 is 6.09. The Labute approximate surface area is 325 Å². The average molecular weight is 780 g/mol. The van der Waals surface area contributed by atoms with Gasteiger partial charge in [0.2, 0.25) is 17.1 Å². The third kappa shape index (κ3) is 7.59. The van der Waals surface area contributed by atoms with Crippen molar-refractivity contribution in [3.63, 3.8) is 0 Å². The molecule has 3 aromatic carbocycles. The first-order valence-electron chi connectivity index (χ1n) is 17.1. The van der Waals surface area contributed by atoms with E-state index >= 15 is 0 Å². The maximum absolute atomic E-state index is 14.2. The van der Waals surface area contributed by atoms with Gasteiger partial charge in [0, 0.05) is 61.4 Å². The number of aromatic nitrogens is 3. The summed E-state index contributed by atoms with van der Waals surface area (Å²) in [6, 6.07) is 32.4. The summed E-state index contributed by atoms with van der Waals surface area (Å²) in [5.41, 5.74) is 8.86. The van der Waals surface area contributed by atoms with Crippen LogP contribution < -0.4 is 11.1 Å². The highest BCUT2D eigenvalue weighted by Crippen LogP contribution is 2.46. The first-order valence-corrected chi connectivity index (χ1v) is 20.9. The number of nitrogens with two attached hydrogens (primary N) is 1. The number of rotatable bonds is 14. The van der Waals surface area contributed by atoms with Crippen molar-refractivity contribution in [1.82, 2.24) is 24.6 Å². The van der Waals surface area contributed by atoms with Gasteiger partial charge in [0.05, 0.1) is 5.69 Å². The van der Waals surface area contributed by atoms with E-state index in [1.165, 1.54) is 0 Å². The predicted molar refractivity (Wildman–Crippen MR) is 215 cm³/mol. The minimum Gasteiger partial charge on any atom is -0.374 e. The van der Waals surface area contributed by atoms with E-state index in [1.54, 1.807) is 28.4 Å². The van der Waals surface area contributed by atoms with E-state index < -0.39 is 17.6 Å². The first-order chi connectivity index (χ1) is 25.9. The molecule has 2 unspecified atom stereocenters. The molecule has 2 aliphatic heterocycles. The summed E-state index contributed by atoms with van der Waals surface area (Å²) in [7, 11) is 0. The monoisotopic (exact) mass is 779 g/mol. The smallest absolute Gasteiger partial charge is 0.278 e. The van der Waals surface area contributed by atoms with Crippen LogP contribution in [0.3, 0.4) is 0 Å². The zero-order chi connectivity index (χ0) is 36.8. The van der Waals surface area contributed by atoms with Crippen LogP contribution in [0.4, 0.5) is 5.13 Å². The number of hydrogen-bond donors (Lipinski definition) is 2. The third-order valence-corrected chi connectivity index (χ3v) is 13.3. The van der Waals surface area contributed by atoms with Crippen LogP contribution in [0, 0.1) is 0 Å². The summed E-state index contributed by atoms with van der Waals surface area (Å²) in [4.78, 5) is 47.4. The summed E-state index contributed by atoms with van der Waals surface area (Å²) in [6.45, 7) is 4.14. The van der Waals surface area contributed by atoms with Crippen molar-refractivity contribution in [2.24, 2.45) is 5.16 Å². The fourth-order valence-corrected chi connectivity index (χ4v) is 10.3. The summed E-state index contributed by atoms with van der Waals surface area (Å²) in [6.07, 6.45) is 2.94. The van der Waals surface area contributed by atoms with E-state index in [2.05, 4.69) is 37.8 Å². The number of oxime groups is 1. The van der Waals surface area contributed by atoms with Crippen molar-refractivity contribution < 1.29 is 14.4 Å². The molecule has 14 heteroatoms. The molecular weight excluding hydrogens is 743 g/mol. The Morgan fingerprint density at radius 1 is 1.00 bits per heavy atom. The van der Waals surface area contributed by atoms with Crippen LogP contribution in [0.15, 0.2) is 130 Å². The van der Waals surface area contributed by atoms with Crippen molar-refractivity contribution in [3.05, 3.63) is 148 Å². The molecule has 1 saturated heterocycles. The summed E-state index contributed by atoms with van der Waals surface area (Å²) < 4.78 is 4.32. The van der Waals surface area contributed by atoms with Crippen LogP contribution in [-0.2, 0) is 25.8 Å². The van der Waals surface area contributed by atoms with E-state index in [0.29, 0.717) is 5.75 Å². The lowest BCUT2D eigenvalue weighted by Gasteiger charge is -2.50. The number of pyridine rings is 1. The Kier molecular flexibility index (Phi) is 11.5. The van der Waals surface area contributed by atoms with Crippen molar-refractivity contribution in [3.8, 4) is 0 Å². The number of carbonyl (C=O) groups excluding carboxylic acids is 2. The number of hydrogen-bond acceptors (Lipinski definition) is 12. The topological polar surface area (TPSA) is 136 Å². The molecule has 0 aliphatic carbocycles. The molecule has 0 saturated carbocycles. The number of β-lactam (4-membered cyclic amide) rings is 1. The van der Waals surface area contributed by atoms with Gasteiger partial charge in [-0.25, -0.2) is 0 Å². The van der Waals surface area contributed by atoms with Crippen molar-refractivity contribution in [2.45, 2.75) is 47.9 Å². The van der Waals surface area contributed by atoms with Crippen LogP contribution in [0.1, 0.15) is 48.5 Å². The molecule has 2 aromatic heterocycles. The molecular formula is C39H37N7O3S4. The number of benzene rings is 3. The lowest BCUT2D eigenvalue weighted by atomic mass is 9.80. The Morgan fingerprint density at radius 2 is 1.64 bits per heavy atom. The van der Waals surface area contributed by atoms with Gasteiger partial charge in [-0.2, -0.15) is 21.1 Å². The maximum Gasteiger partial charge on any atom is 0.278 e. The van der Waals surface area contributed by atoms with Crippen LogP contribution in [0.2, 0.25) is 0 Å². The molecule has 3 N–H and O–H groups in total. The van der Waals surface area contributed by atoms with Gasteiger partial charge < -0.3 is 15.9 Å².